The van der Waals surface area contributed by atoms with Crippen molar-refractivity contribution in [2.24, 2.45) is 0 Å². The summed E-state index contributed by atoms with van der Waals surface area (Å²) in [5, 5.41) is 0. The van der Waals surface area contributed by atoms with Gasteiger partial charge in [0.2, 0.25) is 5.95 Å². The van der Waals surface area contributed by atoms with E-state index in [-0.39, 0.29) is 11.2 Å². The monoisotopic (exact) mass is 490 g/mol. The van der Waals surface area contributed by atoms with Crippen molar-refractivity contribution in [2.75, 3.05) is 44.7 Å². The number of nitrogens with zero attached hydrogens (tertiary/aromatic N) is 6. The van der Waals surface area contributed by atoms with Crippen molar-refractivity contribution >= 4 is 5.95 Å². The molecule has 0 aliphatic carbocycles. The molecule has 9 heteroatoms. The number of rotatable bonds is 8. The van der Waals surface area contributed by atoms with Gasteiger partial charge in [-0.2, -0.15) is 0 Å². The van der Waals surface area contributed by atoms with Gasteiger partial charge in [0.25, 0.3) is 5.56 Å². The summed E-state index contributed by atoms with van der Waals surface area (Å²) >= 11 is 0. The van der Waals surface area contributed by atoms with Crippen LogP contribution in [0, 0.1) is 0 Å². The molecule has 5 rings (SSSR count). The molecule has 190 valence electrons. The molecule has 3 aromatic rings. The van der Waals surface area contributed by atoms with E-state index < -0.39 is 0 Å². The minimum atomic E-state index is -0.171. The fourth-order valence-electron chi connectivity index (χ4n) is 5.27. The van der Waals surface area contributed by atoms with Gasteiger partial charge in [-0.25, -0.2) is 14.8 Å². The quantitative estimate of drug-likeness (QED) is 0.448. The molecule has 9 nitrogen and oxygen atoms in total. The van der Waals surface area contributed by atoms with Crippen molar-refractivity contribution in [3.05, 3.63) is 69.3 Å². The first-order valence-corrected chi connectivity index (χ1v) is 12.9. The highest BCUT2D eigenvalue weighted by Crippen LogP contribution is 2.25. The highest BCUT2D eigenvalue weighted by Gasteiger charge is 2.23. The Hall–Kier alpha value is -3.46. The topological polar surface area (TPSA) is 85.5 Å². The molecule has 2 aliphatic rings. The Morgan fingerprint density at radius 2 is 1.61 bits per heavy atom. The fourth-order valence-corrected chi connectivity index (χ4v) is 5.27. The van der Waals surface area contributed by atoms with E-state index in [0.29, 0.717) is 18.7 Å². The van der Waals surface area contributed by atoms with E-state index in [1.54, 1.807) is 19.5 Å². The molecule has 0 spiro atoms. The number of methoxy groups -OCH3 is 1. The first-order chi connectivity index (χ1) is 17.7. The lowest BCUT2D eigenvalue weighted by Gasteiger charge is -2.34. The Balaban J connectivity index is 1.25. The second kappa shape index (κ2) is 11.1. The highest BCUT2D eigenvalue weighted by molar-refractivity contribution is 5.66. The zero-order valence-corrected chi connectivity index (χ0v) is 20.9. The Bertz CT molecular complexity index is 1280. The molecular formula is C27H34N6O3. The van der Waals surface area contributed by atoms with Crippen LogP contribution in [0.2, 0.25) is 0 Å². The summed E-state index contributed by atoms with van der Waals surface area (Å²) in [5.41, 5.74) is 2.05. The molecule has 0 radical (unpaired) electrons. The van der Waals surface area contributed by atoms with Gasteiger partial charge in [0, 0.05) is 57.4 Å². The summed E-state index contributed by atoms with van der Waals surface area (Å²) in [5.74, 6) is 1.54. The second-order valence-corrected chi connectivity index (χ2v) is 9.48. The van der Waals surface area contributed by atoms with Crippen LogP contribution >= 0.6 is 0 Å². The van der Waals surface area contributed by atoms with Crippen LogP contribution in [0.4, 0.5) is 5.95 Å². The van der Waals surface area contributed by atoms with Gasteiger partial charge >= 0.3 is 5.69 Å². The Labute approximate surface area is 211 Å². The zero-order chi connectivity index (χ0) is 24.9. The van der Waals surface area contributed by atoms with Gasteiger partial charge in [0.15, 0.2) is 0 Å². The van der Waals surface area contributed by atoms with E-state index in [0.717, 1.165) is 87.8 Å². The van der Waals surface area contributed by atoms with E-state index in [1.807, 2.05) is 34.9 Å². The molecule has 0 amide bonds. The van der Waals surface area contributed by atoms with Gasteiger partial charge in [-0.15, -0.1) is 0 Å². The fraction of sp³-hybridized carbons (Fsp3) is 0.481. The van der Waals surface area contributed by atoms with Gasteiger partial charge in [-0.3, -0.25) is 18.8 Å². The van der Waals surface area contributed by atoms with Gasteiger partial charge < -0.3 is 9.64 Å². The average molecular weight is 491 g/mol. The van der Waals surface area contributed by atoms with E-state index in [2.05, 4.69) is 19.8 Å². The maximum Gasteiger partial charge on any atom is 0.331 e. The van der Waals surface area contributed by atoms with Crippen LogP contribution < -0.4 is 20.9 Å². The number of aromatic nitrogens is 4. The van der Waals surface area contributed by atoms with E-state index >= 15 is 0 Å². The Kier molecular flexibility index (Phi) is 7.46. The Morgan fingerprint density at radius 3 is 2.33 bits per heavy atom. The lowest BCUT2D eigenvalue weighted by atomic mass is 9.99. The molecule has 0 bridgehead atoms. The molecule has 0 atom stereocenters. The molecule has 1 aromatic carbocycles. The van der Waals surface area contributed by atoms with Crippen LogP contribution in [0.25, 0.3) is 11.1 Å². The first kappa shape index (κ1) is 24.2. The number of unbranched alkanes of at least 4 members (excludes halogenated alkanes) is 1. The van der Waals surface area contributed by atoms with Gasteiger partial charge in [-0.1, -0.05) is 12.1 Å². The number of fused-ring (bicyclic) bond motifs is 1. The van der Waals surface area contributed by atoms with Gasteiger partial charge in [0.1, 0.15) is 5.75 Å². The van der Waals surface area contributed by atoms with Gasteiger partial charge in [0.05, 0.1) is 12.7 Å². The van der Waals surface area contributed by atoms with Crippen LogP contribution in [0.5, 0.6) is 5.75 Å². The third kappa shape index (κ3) is 5.06. The molecule has 4 heterocycles. The van der Waals surface area contributed by atoms with Crippen molar-refractivity contribution < 1.29 is 4.74 Å². The third-order valence-corrected chi connectivity index (χ3v) is 7.27. The summed E-state index contributed by atoms with van der Waals surface area (Å²) < 4.78 is 8.57. The number of ether oxygens (including phenoxy) is 1. The summed E-state index contributed by atoms with van der Waals surface area (Å²) in [4.78, 5) is 40.2. The van der Waals surface area contributed by atoms with Crippen molar-refractivity contribution in [3.63, 3.8) is 0 Å². The number of hydrogen-bond acceptors (Lipinski definition) is 7. The van der Waals surface area contributed by atoms with Crippen LogP contribution in [-0.2, 0) is 19.5 Å². The molecule has 0 N–H and O–H groups in total. The predicted molar refractivity (Wildman–Crippen MR) is 140 cm³/mol. The first-order valence-electron chi connectivity index (χ1n) is 12.9. The lowest BCUT2D eigenvalue weighted by Crippen LogP contribution is -2.47. The lowest BCUT2D eigenvalue weighted by molar-refractivity contribution is 0.249. The maximum atomic E-state index is 13.6. The van der Waals surface area contributed by atoms with E-state index in [1.165, 1.54) is 4.57 Å². The van der Waals surface area contributed by atoms with Crippen molar-refractivity contribution in [2.45, 2.75) is 45.2 Å². The molecule has 0 saturated carbocycles. The van der Waals surface area contributed by atoms with Gasteiger partial charge in [-0.05, 0) is 62.4 Å². The summed E-state index contributed by atoms with van der Waals surface area (Å²) in [6, 6.07) is 9.40. The van der Waals surface area contributed by atoms with Crippen molar-refractivity contribution in [3.8, 4) is 16.9 Å². The minimum Gasteiger partial charge on any atom is -0.497 e. The predicted octanol–water partition coefficient (Wildman–Crippen LogP) is 2.41. The molecule has 2 aromatic heterocycles. The normalized spacial score (nSPS) is 16.1. The van der Waals surface area contributed by atoms with Crippen molar-refractivity contribution in [1.82, 2.24) is 24.0 Å². The number of benzene rings is 1. The van der Waals surface area contributed by atoms with Crippen LogP contribution in [0.15, 0.2) is 52.3 Å². The molecule has 2 aliphatic heterocycles. The molecular weight excluding hydrogens is 456 g/mol. The molecule has 0 unspecified atom stereocenters. The zero-order valence-electron chi connectivity index (χ0n) is 20.9. The number of anilines is 1. The minimum absolute atomic E-state index is 0.163. The maximum absolute atomic E-state index is 13.6. The average Bonchev–Trinajstić information content (AvgIpc) is 2.94. The largest absolute Gasteiger partial charge is 0.497 e. The Morgan fingerprint density at radius 1 is 0.889 bits per heavy atom. The second-order valence-electron chi connectivity index (χ2n) is 9.48. The standard InChI is InChI=1S/C27H34N6O3/c1-36-22-10-8-21(9-11-22)24-23-7-2-3-15-32(23)27(35)33(25(24)34)16-5-4-14-30-17-19-31(20-18-30)26-28-12-6-13-29-26/h6,8-13H,2-5,7,14-20H2,1H3. The van der Waals surface area contributed by atoms with Crippen LogP contribution in [-0.4, -0.2) is 63.8 Å². The number of piperazine rings is 1. The van der Waals surface area contributed by atoms with E-state index in [4.69, 9.17) is 4.74 Å². The molecule has 1 fully saturated rings. The third-order valence-electron chi connectivity index (χ3n) is 7.27. The molecule has 36 heavy (non-hydrogen) atoms. The van der Waals surface area contributed by atoms with E-state index in [9.17, 15) is 9.59 Å². The summed E-state index contributed by atoms with van der Waals surface area (Å²) in [6.07, 6.45) is 8.00. The number of hydrogen-bond donors (Lipinski definition) is 0. The molecule has 1 saturated heterocycles. The smallest absolute Gasteiger partial charge is 0.331 e. The summed E-state index contributed by atoms with van der Waals surface area (Å²) in [7, 11) is 1.63. The summed E-state index contributed by atoms with van der Waals surface area (Å²) in [6.45, 7) is 5.80. The highest BCUT2D eigenvalue weighted by atomic mass is 16.5. The van der Waals surface area contributed by atoms with Crippen molar-refractivity contribution in [1.29, 1.82) is 0 Å². The SMILES string of the molecule is COc1ccc(-c2c3n(c(=O)n(CCCCN4CCN(c5ncccn5)CC4)c2=O)CCCC3)cc1. The van der Waals surface area contributed by atoms with Crippen LogP contribution in [0.3, 0.4) is 0 Å². The van der Waals surface area contributed by atoms with Crippen LogP contribution in [0.1, 0.15) is 31.4 Å².